The molecule has 0 atom stereocenters. The van der Waals surface area contributed by atoms with Crippen molar-refractivity contribution in [3.63, 3.8) is 0 Å². The maximum Gasteiger partial charge on any atom is 0.418 e. The Kier molecular flexibility index (Phi) is 3.24. The van der Waals surface area contributed by atoms with E-state index in [1.165, 1.54) is 12.1 Å². The fraction of sp³-hybridized carbons (Fsp3) is 0.400. The van der Waals surface area contributed by atoms with E-state index in [1.807, 2.05) is 19.0 Å². The van der Waals surface area contributed by atoms with Crippen molar-refractivity contribution in [2.24, 2.45) is 0 Å². The van der Waals surface area contributed by atoms with Crippen LogP contribution in [0.2, 0.25) is 0 Å². The van der Waals surface area contributed by atoms with Crippen LogP contribution in [0.15, 0.2) is 18.2 Å². The molecule has 0 saturated carbocycles. The minimum atomic E-state index is -4.37. The Hall–Kier alpha value is -1.23. The molecule has 1 aromatic rings. The van der Waals surface area contributed by atoms with Crippen molar-refractivity contribution in [2.45, 2.75) is 12.7 Å². The highest BCUT2D eigenvalue weighted by Gasteiger charge is 2.32. The fourth-order valence-corrected chi connectivity index (χ4v) is 1.33. The van der Waals surface area contributed by atoms with E-state index in [0.29, 0.717) is 6.54 Å². The van der Waals surface area contributed by atoms with Gasteiger partial charge in [-0.2, -0.15) is 13.2 Å². The molecule has 5 heteroatoms. The summed E-state index contributed by atoms with van der Waals surface area (Å²) in [6.45, 7) is 0.572. The van der Waals surface area contributed by atoms with Crippen LogP contribution < -0.4 is 5.73 Å². The standard InChI is InChI=1S/C10H13F3N2/c1-15(2)6-7-3-4-8(9(14)5-7)10(11,12)13/h3-5H,6,14H2,1-2H3. The summed E-state index contributed by atoms with van der Waals surface area (Å²) in [7, 11) is 3.68. The van der Waals surface area contributed by atoms with E-state index < -0.39 is 11.7 Å². The predicted molar refractivity (Wildman–Crippen MR) is 53.2 cm³/mol. The highest BCUT2D eigenvalue weighted by molar-refractivity contribution is 5.50. The van der Waals surface area contributed by atoms with Crippen LogP contribution in [0.1, 0.15) is 11.1 Å². The van der Waals surface area contributed by atoms with Gasteiger partial charge in [0.2, 0.25) is 0 Å². The summed E-state index contributed by atoms with van der Waals surface area (Å²) in [5.74, 6) is 0. The van der Waals surface area contributed by atoms with Crippen LogP contribution in [0.3, 0.4) is 0 Å². The third-order valence-corrected chi connectivity index (χ3v) is 1.92. The number of hydrogen-bond donors (Lipinski definition) is 1. The van der Waals surface area contributed by atoms with E-state index in [1.54, 1.807) is 0 Å². The quantitative estimate of drug-likeness (QED) is 0.772. The lowest BCUT2D eigenvalue weighted by atomic mass is 10.1. The second-order valence-electron chi connectivity index (χ2n) is 3.66. The zero-order valence-corrected chi connectivity index (χ0v) is 8.60. The molecule has 84 valence electrons. The van der Waals surface area contributed by atoms with Crippen LogP contribution in [-0.2, 0) is 12.7 Å². The van der Waals surface area contributed by atoms with Gasteiger partial charge in [-0.15, -0.1) is 0 Å². The molecule has 0 unspecified atom stereocenters. The summed E-state index contributed by atoms with van der Waals surface area (Å²) in [6, 6.07) is 3.83. The van der Waals surface area contributed by atoms with E-state index in [0.717, 1.165) is 11.6 Å². The van der Waals surface area contributed by atoms with Crippen molar-refractivity contribution in [1.82, 2.24) is 4.90 Å². The lowest BCUT2D eigenvalue weighted by molar-refractivity contribution is -0.136. The number of anilines is 1. The maximum absolute atomic E-state index is 12.4. The average Bonchev–Trinajstić information content (AvgIpc) is 1.99. The number of benzene rings is 1. The summed E-state index contributed by atoms with van der Waals surface area (Å²) < 4.78 is 37.1. The monoisotopic (exact) mass is 218 g/mol. The van der Waals surface area contributed by atoms with Crippen LogP contribution >= 0.6 is 0 Å². The van der Waals surface area contributed by atoms with Gasteiger partial charge >= 0.3 is 6.18 Å². The van der Waals surface area contributed by atoms with E-state index in [9.17, 15) is 13.2 Å². The smallest absolute Gasteiger partial charge is 0.398 e. The van der Waals surface area contributed by atoms with Crippen molar-refractivity contribution in [1.29, 1.82) is 0 Å². The molecule has 0 heterocycles. The summed E-state index contributed by atoms with van der Waals surface area (Å²) in [4.78, 5) is 1.86. The molecule has 0 aromatic heterocycles. The first kappa shape index (κ1) is 11.8. The Balaban J connectivity index is 2.99. The molecule has 0 spiro atoms. The number of rotatable bonds is 2. The van der Waals surface area contributed by atoms with Gasteiger partial charge in [-0.3, -0.25) is 0 Å². The van der Waals surface area contributed by atoms with Gasteiger partial charge in [-0.1, -0.05) is 6.07 Å². The first-order valence-corrected chi connectivity index (χ1v) is 4.41. The van der Waals surface area contributed by atoms with Gasteiger partial charge in [0, 0.05) is 12.2 Å². The number of nitrogens with zero attached hydrogens (tertiary/aromatic N) is 1. The van der Waals surface area contributed by atoms with Gasteiger partial charge in [0.25, 0.3) is 0 Å². The largest absolute Gasteiger partial charge is 0.418 e. The van der Waals surface area contributed by atoms with Crippen molar-refractivity contribution in [2.75, 3.05) is 19.8 Å². The molecule has 0 aliphatic carbocycles. The third-order valence-electron chi connectivity index (χ3n) is 1.92. The Labute approximate surface area is 86.5 Å². The highest BCUT2D eigenvalue weighted by Crippen LogP contribution is 2.33. The molecule has 2 nitrogen and oxygen atoms in total. The van der Waals surface area contributed by atoms with Crippen LogP contribution in [0.25, 0.3) is 0 Å². The topological polar surface area (TPSA) is 29.3 Å². The molecule has 2 N–H and O–H groups in total. The lowest BCUT2D eigenvalue weighted by Gasteiger charge is -2.13. The second-order valence-corrected chi connectivity index (χ2v) is 3.66. The van der Waals surface area contributed by atoms with E-state index >= 15 is 0 Å². The Bertz CT molecular complexity index is 345. The van der Waals surface area contributed by atoms with Crippen molar-refractivity contribution >= 4 is 5.69 Å². The SMILES string of the molecule is CN(C)Cc1ccc(C(F)(F)F)c(N)c1. The molecule has 0 bridgehead atoms. The van der Waals surface area contributed by atoms with Gasteiger partial charge < -0.3 is 10.6 Å². The zero-order chi connectivity index (χ0) is 11.6. The first-order valence-electron chi connectivity index (χ1n) is 4.41. The highest BCUT2D eigenvalue weighted by atomic mass is 19.4. The summed E-state index contributed by atoms with van der Waals surface area (Å²) in [5, 5.41) is 0. The molecule has 0 aliphatic rings. The molecule has 1 aromatic carbocycles. The van der Waals surface area contributed by atoms with Gasteiger partial charge in [0.05, 0.1) is 5.56 Å². The van der Waals surface area contributed by atoms with Crippen LogP contribution in [0, 0.1) is 0 Å². The number of halogens is 3. The minimum absolute atomic E-state index is 0.221. The molecule has 0 amide bonds. The Morgan fingerprint density at radius 2 is 1.87 bits per heavy atom. The average molecular weight is 218 g/mol. The normalized spacial score (nSPS) is 12.1. The zero-order valence-electron chi connectivity index (χ0n) is 8.60. The van der Waals surface area contributed by atoms with Crippen molar-refractivity contribution in [3.8, 4) is 0 Å². The molecular formula is C10H13F3N2. The lowest BCUT2D eigenvalue weighted by Crippen LogP contribution is -2.13. The van der Waals surface area contributed by atoms with E-state index in [-0.39, 0.29) is 5.69 Å². The predicted octanol–water partition coefficient (Wildman–Crippen LogP) is 2.35. The van der Waals surface area contributed by atoms with Crippen molar-refractivity contribution in [3.05, 3.63) is 29.3 Å². The van der Waals surface area contributed by atoms with Crippen LogP contribution in [0.4, 0.5) is 18.9 Å². The molecule has 0 fully saturated rings. The molecule has 0 aliphatic heterocycles. The third kappa shape index (κ3) is 3.13. The maximum atomic E-state index is 12.4. The summed E-state index contributed by atoms with van der Waals surface area (Å²) in [5.41, 5.74) is 5.12. The number of alkyl halides is 3. The minimum Gasteiger partial charge on any atom is -0.398 e. The van der Waals surface area contributed by atoms with Gasteiger partial charge in [-0.05, 0) is 31.8 Å². The molecule has 0 saturated heterocycles. The number of nitrogens with two attached hydrogens (primary N) is 1. The first-order chi connectivity index (χ1) is 6.80. The Morgan fingerprint density at radius 1 is 1.27 bits per heavy atom. The van der Waals surface area contributed by atoms with Gasteiger partial charge in [0.15, 0.2) is 0 Å². The molecule has 1 rings (SSSR count). The van der Waals surface area contributed by atoms with Crippen molar-refractivity contribution < 1.29 is 13.2 Å². The second kappa shape index (κ2) is 4.10. The van der Waals surface area contributed by atoms with E-state index in [4.69, 9.17) is 5.73 Å². The van der Waals surface area contributed by atoms with Crippen LogP contribution in [-0.4, -0.2) is 19.0 Å². The number of nitrogen functional groups attached to an aromatic ring is 1. The van der Waals surface area contributed by atoms with Gasteiger partial charge in [-0.25, -0.2) is 0 Å². The van der Waals surface area contributed by atoms with Gasteiger partial charge in [0.1, 0.15) is 0 Å². The summed E-state index contributed by atoms with van der Waals surface area (Å²) in [6.07, 6.45) is -4.37. The van der Waals surface area contributed by atoms with E-state index in [2.05, 4.69) is 0 Å². The number of hydrogen-bond acceptors (Lipinski definition) is 2. The molecule has 0 radical (unpaired) electrons. The summed E-state index contributed by atoms with van der Waals surface area (Å²) >= 11 is 0. The fourth-order valence-electron chi connectivity index (χ4n) is 1.33. The molecule has 15 heavy (non-hydrogen) atoms. The Morgan fingerprint density at radius 3 is 2.27 bits per heavy atom. The molecular weight excluding hydrogens is 205 g/mol. The van der Waals surface area contributed by atoms with Crippen LogP contribution in [0.5, 0.6) is 0 Å².